The van der Waals surface area contributed by atoms with Gasteiger partial charge in [-0.05, 0) is 23.4 Å². The van der Waals surface area contributed by atoms with Crippen molar-refractivity contribution in [1.82, 2.24) is 0 Å². The van der Waals surface area contributed by atoms with Gasteiger partial charge in [-0.25, -0.2) is 0 Å². The molecule has 0 saturated carbocycles. The molecule has 116 valence electrons. The van der Waals surface area contributed by atoms with Gasteiger partial charge in [0.1, 0.15) is 12.0 Å². The summed E-state index contributed by atoms with van der Waals surface area (Å²) in [6.45, 7) is 0.832. The molecule has 0 bridgehead atoms. The summed E-state index contributed by atoms with van der Waals surface area (Å²) in [5, 5.41) is 3.05. The fraction of sp³-hybridized carbons (Fsp3) is 0.438. The Balaban J connectivity index is 2.20. The average Bonchev–Trinajstić information content (AvgIpc) is 2.47. The Labute approximate surface area is 129 Å². The Morgan fingerprint density at radius 1 is 1.45 bits per heavy atom. The number of anilines is 1. The summed E-state index contributed by atoms with van der Waals surface area (Å²) in [5.41, 5.74) is 0.717. The standard InChI is InChI=1S/C16H18N2O4/c1-18(2)14-10-13(4-5-15(14)22-9-3-8-19)6-7-16(17-20)11-21-12-16/h4-5,8,10H,3,9,11-12H2,1-2H3. The highest BCUT2D eigenvalue weighted by Crippen LogP contribution is 2.28. The van der Waals surface area contributed by atoms with Crippen LogP contribution in [0, 0.1) is 16.7 Å². The van der Waals surface area contributed by atoms with Gasteiger partial charge in [-0.1, -0.05) is 11.8 Å². The Morgan fingerprint density at radius 2 is 2.23 bits per heavy atom. The lowest BCUT2D eigenvalue weighted by Crippen LogP contribution is -2.46. The van der Waals surface area contributed by atoms with E-state index in [4.69, 9.17) is 9.47 Å². The van der Waals surface area contributed by atoms with Crippen LogP contribution in [0.15, 0.2) is 23.4 Å². The predicted molar refractivity (Wildman–Crippen MR) is 83.2 cm³/mol. The van der Waals surface area contributed by atoms with Gasteiger partial charge in [-0.15, -0.1) is 4.91 Å². The van der Waals surface area contributed by atoms with Crippen LogP contribution in [0.5, 0.6) is 5.75 Å². The normalized spacial score (nSPS) is 15.0. The molecule has 22 heavy (non-hydrogen) atoms. The van der Waals surface area contributed by atoms with Crippen LogP contribution in [-0.4, -0.2) is 45.7 Å². The number of carbonyl (C=O) groups excluding carboxylic acids is 1. The molecule has 2 rings (SSSR count). The molecule has 0 spiro atoms. The maximum atomic E-state index is 10.8. The van der Waals surface area contributed by atoms with Gasteiger partial charge in [0.2, 0.25) is 5.54 Å². The topological polar surface area (TPSA) is 68.2 Å². The molecule has 0 N–H and O–H groups in total. The molecule has 0 aromatic heterocycles. The average molecular weight is 302 g/mol. The molecule has 0 amide bonds. The summed E-state index contributed by atoms with van der Waals surface area (Å²) in [5.74, 6) is 6.53. The van der Waals surface area contributed by atoms with Crippen LogP contribution in [0.4, 0.5) is 5.69 Å². The van der Waals surface area contributed by atoms with Crippen molar-refractivity contribution in [3.05, 3.63) is 28.7 Å². The van der Waals surface area contributed by atoms with E-state index in [2.05, 4.69) is 17.0 Å². The minimum absolute atomic E-state index is 0.247. The molecule has 1 aromatic rings. The van der Waals surface area contributed by atoms with E-state index in [0.29, 0.717) is 18.8 Å². The molecule has 1 aromatic carbocycles. The van der Waals surface area contributed by atoms with Crippen molar-refractivity contribution in [2.45, 2.75) is 12.0 Å². The molecule has 1 aliphatic heterocycles. The summed E-state index contributed by atoms with van der Waals surface area (Å²) in [6.07, 6.45) is 1.17. The van der Waals surface area contributed by atoms with Gasteiger partial charge in [0, 0.05) is 26.1 Å². The van der Waals surface area contributed by atoms with Crippen molar-refractivity contribution in [3.63, 3.8) is 0 Å². The zero-order chi connectivity index (χ0) is 16.0. The molecular formula is C16H18N2O4. The molecule has 1 saturated heterocycles. The number of hydrogen-bond donors (Lipinski definition) is 0. The van der Waals surface area contributed by atoms with E-state index < -0.39 is 5.54 Å². The zero-order valence-corrected chi connectivity index (χ0v) is 12.7. The van der Waals surface area contributed by atoms with Crippen LogP contribution >= 0.6 is 0 Å². The van der Waals surface area contributed by atoms with E-state index in [9.17, 15) is 9.70 Å². The number of benzene rings is 1. The minimum Gasteiger partial charge on any atom is -0.491 e. The summed E-state index contributed by atoms with van der Waals surface area (Å²) in [6, 6.07) is 5.50. The van der Waals surface area contributed by atoms with E-state index in [1.165, 1.54) is 0 Å². The summed E-state index contributed by atoms with van der Waals surface area (Å²) < 4.78 is 10.6. The smallest absolute Gasteiger partial charge is 0.209 e. The van der Waals surface area contributed by atoms with Crippen LogP contribution in [0.3, 0.4) is 0 Å². The van der Waals surface area contributed by atoms with Crippen molar-refractivity contribution in [2.75, 3.05) is 38.8 Å². The molecule has 1 fully saturated rings. The molecule has 0 atom stereocenters. The highest BCUT2D eigenvalue weighted by molar-refractivity contribution is 5.62. The second-order valence-corrected chi connectivity index (χ2v) is 5.25. The first-order chi connectivity index (χ1) is 10.6. The third-order valence-electron chi connectivity index (χ3n) is 3.23. The van der Waals surface area contributed by atoms with Crippen molar-refractivity contribution in [2.24, 2.45) is 5.18 Å². The molecule has 0 unspecified atom stereocenters. The fourth-order valence-corrected chi connectivity index (χ4v) is 1.92. The molecule has 0 aliphatic carbocycles. The summed E-state index contributed by atoms with van der Waals surface area (Å²) in [4.78, 5) is 23.1. The predicted octanol–water partition coefficient (Wildman–Crippen LogP) is 1.61. The first-order valence-electron chi connectivity index (χ1n) is 6.93. The van der Waals surface area contributed by atoms with Crippen molar-refractivity contribution >= 4 is 12.0 Å². The van der Waals surface area contributed by atoms with Crippen molar-refractivity contribution in [1.29, 1.82) is 0 Å². The van der Waals surface area contributed by atoms with Gasteiger partial charge >= 0.3 is 0 Å². The SMILES string of the molecule is CN(C)c1cc(C#CC2(N=O)COC2)ccc1OCCC=O. The van der Waals surface area contributed by atoms with Gasteiger partial charge in [-0.3, -0.25) is 0 Å². The number of nitroso groups, excluding NO2 is 1. The van der Waals surface area contributed by atoms with Crippen LogP contribution in [-0.2, 0) is 9.53 Å². The minimum atomic E-state index is -0.905. The molecule has 1 heterocycles. The van der Waals surface area contributed by atoms with Crippen LogP contribution in [0.25, 0.3) is 0 Å². The van der Waals surface area contributed by atoms with E-state index in [1.807, 2.05) is 37.2 Å². The molecule has 1 aliphatic rings. The lowest BCUT2D eigenvalue weighted by molar-refractivity contribution is -0.108. The highest BCUT2D eigenvalue weighted by atomic mass is 16.5. The quantitative estimate of drug-likeness (QED) is 0.345. The Kier molecular flexibility index (Phi) is 5.12. The summed E-state index contributed by atoms with van der Waals surface area (Å²) in [7, 11) is 3.79. The van der Waals surface area contributed by atoms with E-state index in [-0.39, 0.29) is 13.2 Å². The van der Waals surface area contributed by atoms with E-state index in [1.54, 1.807) is 0 Å². The van der Waals surface area contributed by atoms with E-state index in [0.717, 1.165) is 17.5 Å². The fourth-order valence-electron chi connectivity index (χ4n) is 1.92. The monoisotopic (exact) mass is 302 g/mol. The van der Waals surface area contributed by atoms with Gasteiger partial charge in [0.15, 0.2) is 0 Å². The number of aldehydes is 1. The number of carbonyl (C=O) groups is 1. The first-order valence-corrected chi connectivity index (χ1v) is 6.93. The molecule has 0 radical (unpaired) electrons. The number of rotatable bonds is 6. The summed E-state index contributed by atoms with van der Waals surface area (Å²) >= 11 is 0. The van der Waals surface area contributed by atoms with Crippen molar-refractivity contribution < 1.29 is 14.3 Å². The second kappa shape index (κ2) is 7.05. The lowest BCUT2D eigenvalue weighted by Gasteiger charge is -2.29. The number of hydrogen-bond acceptors (Lipinski definition) is 6. The maximum Gasteiger partial charge on any atom is 0.209 e. The maximum absolute atomic E-state index is 10.8. The highest BCUT2D eigenvalue weighted by Gasteiger charge is 2.38. The van der Waals surface area contributed by atoms with Crippen molar-refractivity contribution in [3.8, 4) is 17.6 Å². The number of ether oxygens (including phenoxy) is 2. The third kappa shape index (κ3) is 3.62. The van der Waals surface area contributed by atoms with Crippen LogP contribution in [0.2, 0.25) is 0 Å². The second-order valence-electron chi connectivity index (χ2n) is 5.25. The lowest BCUT2D eigenvalue weighted by atomic mass is 9.99. The van der Waals surface area contributed by atoms with Crippen LogP contribution in [0.1, 0.15) is 12.0 Å². The van der Waals surface area contributed by atoms with Gasteiger partial charge in [0.05, 0.1) is 25.5 Å². The number of nitrogens with zero attached hydrogens (tertiary/aromatic N) is 2. The van der Waals surface area contributed by atoms with E-state index >= 15 is 0 Å². The van der Waals surface area contributed by atoms with Gasteiger partial charge in [0.25, 0.3) is 0 Å². The zero-order valence-electron chi connectivity index (χ0n) is 12.7. The largest absolute Gasteiger partial charge is 0.491 e. The van der Waals surface area contributed by atoms with Gasteiger partial charge < -0.3 is 19.2 Å². The third-order valence-corrected chi connectivity index (χ3v) is 3.23. The molecule has 6 heteroatoms. The molecule has 6 nitrogen and oxygen atoms in total. The van der Waals surface area contributed by atoms with Gasteiger partial charge in [-0.2, -0.15) is 0 Å². The molecular weight excluding hydrogens is 284 g/mol. The Bertz CT molecular complexity index is 612. The Morgan fingerprint density at radius 3 is 2.77 bits per heavy atom. The first kappa shape index (κ1) is 16.0. The Hall–Kier alpha value is -2.39. The van der Waals surface area contributed by atoms with Crippen LogP contribution < -0.4 is 9.64 Å².